The number of benzene rings is 1. The minimum atomic E-state index is -0.452. The molecule has 1 aliphatic carbocycles. The van der Waals surface area contributed by atoms with Gasteiger partial charge in [0.25, 0.3) is 5.91 Å². The highest BCUT2D eigenvalue weighted by Crippen LogP contribution is 2.32. The highest BCUT2D eigenvalue weighted by atomic mass is 19.1. The van der Waals surface area contributed by atoms with Crippen molar-refractivity contribution in [3.05, 3.63) is 77.0 Å². The lowest BCUT2D eigenvalue weighted by Crippen LogP contribution is -2.51. The van der Waals surface area contributed by atoms with E-state index in [1.165, 1.54) is 18.3 Å². The first-order valence-electron chi connectivity index (χ1n) is 12.6. The number of rotatable bonds is 7. The number of nitrogens with one attached hydrogen (secondary N) is 1. The van der Waals surface area contributed by atoms with Crippen LogP contribution in [-0.4, -0.2) is 78.1 Å². The van der Waals surface area contributed by atoms with Gasteiger partial charge < -0.3 is 15.0 Å². The van der Waals surface area contributed by atoms with Gasteiger partial charge in [0.2, 0.25) is 5.91 Å². The molecule has 7 nitrogen and oxygen atoms in total. The molecule has 1 unspecified atom stereocenters. The summed E-state index contributed by atoms with van der Waals surface area (Å²) in [6.07, 6.45) is 5.82. The van der Waals surface area contributed by atoms with Gasteiger partial charge in [-0.15, -0.1) is 5.73 Å². The second kappa shape index (κ2) is 11.2. The first-order chi connectivity index (χ1) is 17.6. The lowest BCUT2D eigenvalue weighted by Gasteiger charge is -2.40. The fourth-order valence-electron chi connectivity index (χ4n) is 5.13. The summed E-state index contributed by atoms with van der Waals surface area (Å²) in [7, 11) is 0. The maximum atomic E-state index is 13.3. The van der Waals surface area contributed by atoms with Crippen LogP contribution < -0.4 is 5.32 Å². The van der Waals surface area contributed by atoms with Crippen molar-refractivity contribution in [1.82, 2.24) is 20.1 Å². The van der Waals surface area contributed by atoms with Crippen molar-refractivity contribution >= 4 is 17.4 Å². The van der Waals surface area contributed by atoms with Crippen LogP contribution in [0.2, 0.25) is 0 Å². The van der Waals surface area contributed by atoms with E-state index < -0.39 is 6.04 Å². The Kier molecular flexibility index (Phi) is 7.56. The van der Waals surface area contributed by atoms with Crippen molar-refractivity contribution < 1.29 is 20.1 Å². The van der Waals surface area contributed by atoms with Gasteiger partial charge in [-0.25, -0.2) is 4.39 Å². The zero-order chi connectivity index (χ0) is 24.9. The molecule has 36 heavy (non-hydrogen) atoms. The molecule has 3 aliphatic rings. The summed E-state index contributed by atoms with van der Waals surface area (Å²) in [6, 6.07) is 9.75. The Morgan fingerprint density at radius 1 is 1.14 bits per heavy atom. The number of carbonyl (C=O) groups is 2. The highest BCUT2D eigenvalue weighted by Gasteiger charge is 2.31. The van der Waals surface area contributed by atoms with E-state index in [1.807, 2.05) is 4.90 Å². The number of morpholine rings is 1. The first kappa shape index (κ1) is 24.4. The summed E-state index contributed by atoms with van der Waals surface area (Å²) >= 11 is 0. The molecule has 2 fully saturated rings. The SMILES string of the molecule is O=C(NC(CC(=O)N1CCC(N2CCOCC2)CC1)C1=C=C(c2ccc(F)cc2)C1)c1cccnc1.[HH]. The van der Waals surface area contributed by atoms with E-state index in [2.05, 4.69) is 20.9 Å². The van der Waals surface area contributed by atoms with Crippen LogP contribution in [0.25, 0.3) is 5.57 Å². The van der Waals surface area contributed by atoms with Crippen LogP contribution in [0.3, 0.4) is 0 Å². The number of amides is 2. The number of carbonyl (C=O) groups excluding carboxylic acids is 2. The third-order valence-corrected chi connectivity index (χ3v) is 7.28. The molecule has 5 rings (SSSR count). The van der Waals surface area contributed by atoms with E-state index in [1.54, 1.807) is 30.5 Å². The smallest absolute Gasteiger partial charge is 0.253 e. The zero-order valence-electron chi connectivity index (χ0n) is 20.3. The molecular weight excluding hydrogens is 459 g/mol. The molecule has 2 aliphatic heterocycles. The average molecular weight is 493 g/mol. The predicted octanol–water partition coefficient (Wildman–Crippen LogP) is 3.29. The second-order valence-electron chi connectivity index (χ2n) is 9.54. The number of halogens is 1. The third kappa shape index (κ3) is 5.73. The van der Waals surface area contributed by atoms with Gasteiger partial charge in [-0.1, -0.05) is 12.1 Å². The minimum Gasteiger partial charge on any atom is -0.379 e. The Balaban J connectivity index is 0.00000320. The normalized spacial score (nSPS) is 19.6. The van der Waals surface area contributed by atoms with E-state index in [9.17, 15) is 14.0 Å². The number of pyridine rings is 1. The number of hydrogen-bond acceptors (Lipinski definition) is 5. The topological polar surface area (TPSA) is 74.8 Å². The Labute approximate surface area is 212 Å². The molecule has 0 radical (unpaired) electrons. The molecule has 1 N–H and O–H groups in total. The first-order valence-corrected chi connectivity index (χ1v) is 12.6. The van der Waals surface area contributed by atoms with E-state index in [0.717, 1.165) is 68.9 Å². The molecule has 0 bridgehead atoms. The Hall–Kier alpha value is -3.32. The second-order valence-corrected chi connectivity index (χ2v) is 9.54. The molecular formula is C28H33FN4O3. The standard InChI is InChI=1S/C28H31FN4O3.H2/c29-24-5-3-20(4-6-24)22-16-23(17-22)26(31-28(35)21-2-1-9-30-19-21)18-27(34)33-10-7-25(8-11-33)32-12-14-36-15-13-32;/h1-6,9,19,25-26H,7-8,10-16,18H2,(H,31,35);1H. The highest BCUT2D eigenvalue weighted by molar-refractivity contribution is 5.95. The van der Waals surface area contributed by atoms with Crippen molar-refractivity contribution in [2.24, 2.45) is 0 Å². The number of piperidine rings is 1. The van der Waals surface area contributed by atoms with Gasteiger partial charge in [0.05, 0.1) is 31.2 Å². The number of likely N-dealkylation sites (tertiary alicyclic amines) is 1. The van der Waals surface area contributed by atoms with Crippen molar-refractivity contribution in [3.63, 3.8) is 0 Å². The van der Waals surface area contributed by atoms with Gasteiger partial charge in [-0.05, 0) is 48.2 Å². The molecule has 1 aromatic heterocycles. The molecule has 8 heteroatoms. The Bertz CT molecular complexity index is 1150. The van der Waals surface area contributed by atoms with E-state index in [-0.39, 0.29) is 25.5 Å². The van der Waals surface area contributed by atoms with Crippen molar-refractivity contribution in [1.29, 1.82) is 0 Å². The van der Waals surface area contributed by atoms with E-state index in [4.69, 9.17) is 4.74 Å². The van der Waals surface area contributed by atoms with Gasteiger partial charge in [-0.2, -0.15) is 0 Å². The summed E-state index contributed by atoms with van der Waals surface area (Å²) < 4.78 is 18.8. The minimum absolute atomic E-state index is 0. The van der Waals surface area contributed by atoms with Crippen molar-refractivity contribution in [2.45, 2.75) is 37.8 Å². The van der Waals surface area contributed by atoms with Crippen molar-refractivity contribution in [2.75, 3.05) is 39.4 Å². The summed E-state index contributed by atoms with van der Waals surface area (Å²) in [5.41, 5.74) is 6.49. The maximum absolute atomic E-state index is 13.3. The lowest BCUT2D eigenvalue weighted by molar-refractivity contribution is -0.133. The maximum Gasteiger partial charge on any atom is 0.253 e. The largest absolute Gasteiger partial charge is 0.379 e. The Morgan fingerprint density at radius 2 is 1.86 bits per heavy atom. The molecule has 2 amide bonds. The summed E-state index contributed by atoms with van der Waals surface area (Å²) in [5.74, 6) is -0.514. The van der Waals surface area contributed by atoms with Crippen LogP contribution in [0.5, 0.6) is 0 Å². The van der Waals surface area contributed by atoms with Crippen LogP contribution in [0.15, 0.2) is 60.1 Å². The molecule has 0 saturated carbocycles. The van der Waals surface area contributed by atoms with Gasteiger partial charge in [-0.3, -0.25) is 19.5 Å². The van der Waals surface area contributed by atoms with Crippen LogP contribution in [0, 0.1) is 5.82 Å². The van der Waals surface area contributed by atoms with Gasteiger partial charge in [0, 0.05) is 58.0 Å². The summed E-state index contributed by atoms with van der Waals surface area (Å²) in [5, 5.41) is 3.03. The summed E-state index contributed by atoms with van der Waals surface area (Å²) in [6.45, 7) is 4.91. The number of hydrogen-bond donors (Lipinski definition) is 1. The fraction of sp³-hybridized carbons (Fsp3) is 0.429. The van der Waals surface area contributed by atoms with Crippen molar-refractivity contribution in [3.8, 4) is 0 Å². The van der Waals surface area contributed by atoms with Crippen LogP contribution >= 0.6 is 0 Å². The van der Waals surface area contributed by atoms with Gasteiger partial charge in [0.15, 0.2) is 0 Å². The monoisotopic (exact) mass is 492 g/mol. The lowest BCUT2D eigenvalue weighted by atomic mass is 9.85. The molecule has 2 aromatic rings. The van der Waals surface area contributed by atoms with Crippen LogP contribution in [0.1, 0.15) is 43.0 Å². The quantitative estimate of drug-likeness (QED) is 0.601. The average Bonchev–Trinajstić information content (AvgIpc) is 2.90. The molecule has 190 valence electrons. The van der Waals surface area contributed by atoms with Crippen LogP contribution in [-0.2, 0) is 9.53 Å². The van der Waals surface area contributed by atoms with E-state index in [0.29, 0.717) is 18.0 Å². The Morgan fingerprint density at radius 3 is 2.53 bits per heavy atom. The number of aromatic nitrogens is 1. The van der Waals surface area contributed by atoms with Gasteiger partial charge >= 0.3 is 0 Å². The summed E-state index contributed by atoms with van der Waals surface area (Å²) in [4.78, 5) is 34.6. The molecule has 0 spiro atoms. The van der Waals surface area contributed by atoms with Crippen LogP contribution in [0.4, 0.5) is 4.39 Å². The third-order valence-electron chi connectivity index (χ3n) is 7.28. The zero-order valence-corrected chi connectivity index (χ0v) is 20.3. The molecule has 1 atom stereocenters. The van der Waals surface area contributed by atoms with E-state index >= 15 is 0 Å². The van der Waals surface area contributed by atoms with Gasteiger partial charge in [0.1, 0.15) is 5.82 Å². The number of nitrogens with zero attached hydrogens (tertiary/aromatic N) is 3. The predicted molar refractivity (Wildman–Crippen MR) is 136 cm³/mol. The fourth-order valence-corrected chi connectivity index (χ4v) is 5.13. The molecule has 1 aromatic carbocycles. The molecule has 2 saturated heterocycles. The number of ether oxygens (including phenoxy) is 1. The molecule has 3 heterocycles.